The summed E-state index contributed by atoms with van der Waals surface area (Å²) in [6.45, 7) is 2.03. The van der Waals surface area contributed by atoms with Crippen molar-refractivity contribution in [1.82, 2.24) is 9.47 Å². The van der Waals surface area contributed by atoms with Crippen LogP contribution in [0.2, 0.25) is 0 Å². The quantitative estimate of drug-likeness (QED) is 0.667. The molecule has 0 aromatic carbocycles. The zero-order valence-electron chi connectivity index (χ0n) is 11.6. The maximum Gasteiger partial charge on any atom is 0.292 e. The highest BCUT2D eigenvalue weighted by atomic mass is 16.5. The first kappa shape index (κ1) is 15.3. The lowest BCUT2D eigenvalue weighted by Crippen LogP contribution is -2.22. The number of nitrogens with zero attached hydrogens (tertiary/aromatic N) is 3. The van der Waals surface area contributed by atoms with Crippen LogP contribution < -0.4 is 10.3 Å². The Kier molecular flexibility index (Phi) is 6.69. The van der Waals surface area contributed by atoms with Gasteiger partial charge in [-0.15, -0.1) is 0 Å². The fourth-order valence-corrected chi connectivity index (χ4v) is 1.69. The minimum absolute atomic E-state index is 0.120. The van der Waals surface area contributed by atoms with Crippen molar-refractivity contribution in [2.45, 2.75) is 25.8 Å². The van der Waals surface area contributed by atoms with Crippen LogP contribution in [-0.4, -0.2) is 36.7 Å². The Morgan fingerprint density at radius 3 is 2.89 bits per heavy atom. The molecule has 0 saturated carbocycles. The van der Waals surface area contributed by atoms with Crippen molar-refractivity contribution in [3.8, 4) is 11.8 Å². The summed E-state index contributed by atoms with van der Waals surface area (Å²) in [7, 11) is 4.01. The van der Waals surface area contributed by atoms with Crippen molar-refractivity contribution in [2.75, 3.05) is 27.2 Å². The molecule has 19 heavy (non-hydrogen) atoms. The van der Waals surface area contributed by atoms with Gasteiger partial charge < -0.3 is 14.2 Å². The first-order valence-electron chi connectivity index (χ1n) is 6.49. The summed E-state index contributed by atoms with van der Waals surface area (Å²) in [4.78, 5) is 14.1. The molecule has 5 nitrogen and oxygen atoms in total. The third-order valence-corrected chi connectivity index (χ3v) is 2.68. The van der Waals surface area contributed by atoms with E-state index in [4.69, 9.17) is 10.00 Å². The van der Waals surface area contributed by atoms with E-state index in [1.165, 1.54) is 0 Å². The van der Waals surface area contributed by atoms with E-state index in [9.17, 15) is 4.79 Å². The number of ether oxygens (including phenoxy) is 1. The third kappa shape index (κ3) is 5.58. The van der Waals surface area contributed by atoms with Crippen LogP contribution in [-0.2, 0) is 6.54 Å². The summed E-state index contributed by atoms with van der Waals surface area (Å²) in [5.74, 6) is 0.387. The zero-order valence-corrected chi connectivity index (χ0v) is 11.6. The van der Waals surface area contributed by atoms with Gasteiger partial charge in [-0.2, -0.15) is 5.26 Å². The van der Waals surface area contributed by atoms with Gasteiger partial charge in [-0.3, -0.25) is 4.79 Å². The van der Waals surface area contributed by atoms with E-state index in [2.05, 4.69) is 11.0 Å². The van der Waals surface area contributed by atoms with Gasteiger partial charge in [0.1, 0.15) is 0 Å². The minimum atomic E-state index is -0.120. The van der Waals surface area contributed by atoms with Crippen LogP contribution in [0.15, 0.2) is 23.1 Å². The first-order chi connectivity index (χ1) is 9.15. The molecule has 1 heterocycles. The smallest absolute Gasteiger partial charge is 0.292 e. The number of hydrogen-bond donors (Lipinski definition) is 0. The van der Waals surface area contributed by atoms with E-state index in [-0.39, 0.29) is 5.56 Å². The van der Waals surface area contributed by atoms with Crippen LogP contribution in [0, 0.1) is 11.3 Å². The molecule has 0 aliphatic carbocycles. The molecule has 5 heteroatoms. The van der Waals surface area contributed by atoms with Crippen molar-refractivity contribution in [3.05, 3.63) is 28.7 Å². The lowest BCUT2D eigenvalue weighted by atomic mass is 10.3. The second-order valence-corrected chi connectivity index (χ2v) is 4.64. The molecule has 0 bridgehead atoms. The van der Waals surface area contributed by atoms with E-state index < -0.39 is 0 Å². The summed E-state index contributed by atoms with van der Waals surface area (Å²) < 4.78 is 7.10. The standard InChI is InChI=1S/C14H21N3O2/c1-16(2)9-6-12-19-13-7-5-11-17(14(13)18)10-4-3-8-15/h5,7,11H,3-4,6,9-10,12H2,1-2H3. The Morgan fingerprint density at radius 1 is 1.42 bits per heavy atom. The molecular formula is C14H21N3O2. The highest BCUT2D eigenvalue weighted by Crippen LogP contribution is 2.03. The molecule has 0 saturated heterocycles. The number of unbranched alkanes of at least 4 members (excludes halogenated alkanes) is 1. The van der Waals surface area contributed by atoms with Gasteiger partial charge in [0.05, 0.1) is 12.7 Å². The van der Waals surface area contributed by atoms with E-state index in [0.717, 1.165) is 13.0 Å². The van der Waals surface area contributed by atoms with Crippen molar-refractivity contribution in [3.63, 3.8) is 0 Å². The van der Waals surface area contributed by atoms with Crippen LogP contribution in [0.1, 0.15) is 19.3 Å². The number of nitriles is 1. The van der Waals surface area contributed by atoms with Gasteiger partial charge in [0, 0.05) is 25.7 Å². The average molecular weight is 263 g/mol. The van der Waals surface area contributed by atoms with Crippen molar-refractivity contribution < 1.29 is 4.74 Å². The van der Waals surface area contributed by atoms with Crippen molar-refractivity contribution in [2.24, 2.45) is 0 Å². The molecule has 0 unspecified atom stereocenters. The maximum atomic E-state index is 12.0. The predicted octanol–water partition coefficient (Wildman–Crippen LogP) is 1.48. The molecule has 0 radical (unpaired) electrons. The lowest BCUT2D eigenvalue weighted by Gasteiger charge is -2.11. The van der Waals surface area contributed by atoms with Crippen LogP contribution in [0.3, 0.4) is 0 Å². The summed E-state index contributed by atoms with van der Waals surface area (Å²) in [6.07, 6.45) is 3.75. The van der Waals surface area contributed by atoms with E-state index >= 15 is 0 Å². The highest BCUT2D eigenvalue weighted by molar-refractivity contribution is 5.17. The molecule has 0 aliphatic rings. The molecular weight excluding hydrogens is 242 g/mol. The molecule has 0 N–H and O–H groups in total. The molecule has 0 aliphatic heterocycles. The summed E-state index contributed by atoms with van der Waals surface area (Å²) >= 11 is 0. The van der Waals surface area contributed by atoms with Crippen molar-refractivity contribution >= 4 is 0 Å². The number of aromatic nitrogens is 1. The third-order valence-electron chi connectivity index (χ3n) is 2.68. The molecule has 1 aromatic rings. The second-order valence-electron chi connectivity index (χ2n) is 4.64. The predicted molar refractivity (Wildman–Crippen MR) is 74.2 cm³/mol. The highest BCUT2D eigenvalue weighted by Gasteiger charge is 2.04. The molecule has 1 rings (SSSR count). The minimum Gasteiger partial charge on any atom is -0.488 e. The molecule has 0 atom stereocenters. The van der Waals surface area contributed by atoms with E-state index in [1.54, 1.807) is 22.9 Å². The van der Waals surface area contributed by atoms with Gasteiger partial charge in [0.2, 0.25) is 0 Å². The van der Waals surface area contributed by atoms with Crippen LogP contribution in [0.4, 0.5) is 0 Å². The molecule has 0 amide bonds. The fraction of sp³-hybridized carbons (Fsp3) is 0.571. The summed E-state index contributed by atoms with van der Waals surface area (Å²) in [5.41, 5.74) is -0.120. The molecule has 0 fully saturated rings. The van der Waals surface area contributed by atoms with Gasteiger partial charge in [0.15, 0.2) is 5.75 Å². The Hall–Kier alpha value is -1.80. The normalized spacial score (nSPS) is 10.4. The Morgan fingerprint density at radius 2 is 2.21 bits per heavy atom. The number of rotatable bonds is 8. The topological polar surface area (TPSA) is 58.3 Å². The van der Waals surface area contributed by atoms with Crippen LogP contribution in [0.5, 0.6) is 5.75 Å². The Balaban J connectivity index is 2.52. The second kappa shape index (κ2) is 8.33. The number of pyridine rings is 1. The van der Waals surface area contributed by atoms with Gasteiger partial charge >= 0.3 is 0 Å². The van der Waals surface area contributed by atoms with E-state index in [1.807, 2.05) is 14.1 Å². The van der Waals surface area contributed by atoms with Crippen molar-refractivity contribution in [1.29, 1.82) is 5.26 Å². The summed E-state index contributed by atoms with van der Waals surface area (Å²) in [5, 5.41) is 8.49. The SMILES string of the molecule is CN(C)CCCOc1cccn(CCCC#N)c1=O. The molecule has 0 spiro atoms. The zero-order chi connectivity index (χ0) is 14.1. The molecule has 1 aromatic heterocycles. The molecule has 104 valence electrons. The summed E-state index contributed by atoms with van der Waals surface area (Å²) in [6, 6.07) is 5.57. The number of aryl methyl sites for hydroxylation is 1. The van der Waals surface area contributed by atoms with Gasteiger partial charge in [-0.05, 0) is 39.1 Å². The first-order valence-corrected chi connectivity index (χ1v) is 6.49. The number of hydrogen-bond acceptors (Lipinski definition) is 4. The van der Waals surface area contributed by atoms with E-state index in [0.29, 0.717) is 31.7 Å². The van der Waals surface area contributed by atoms with Gasteiger partial charge in [0.25, 0.3) is 5.56 Å². The van der Waals surface area contributed by atoms with Gasteiger partial charge in [-0.25, -0.2) is 0 Å². The van der Waals surface area contributed by atoms with Crippen LogP contribution in [0.25, 0.3) is 0 Å². The average Bonchev–Trinajstić information content (AvgIpc) is 2.38. The largest absolute Gasteiger partial charge is 0.488 e. The Labute approximate surface area is 114 Å². The lowest BCUT2D eigenvalue weighted by molar-refractivity contribution is 0.277. The maximum absolute atomic E-state index is 12.0. The Bertz CT molecular complexity index is 474. The monoisotopic (exact) mass is 263 g/mol. The van der Waals surface area contributed by atoms with Gasteiger partial charge in [-0.1, -0.05) is 0 Å². The fourth-order valence-electron chi connectivity index (χ4n) is 1.69. The van der Waals surface area contributed by atoms with Crippen LogP contribution >= 0.6 is 0 Å².